The van der Waals surface area contributed by atoms with Crippen molar-refractivity contribution in [3.63, 3.8) is 0 Å². The van der Waals surface area contributed by atoms with Gasteiger partial charge < -0.3 is 5.11 Å². The summed E-state index contributed by atoms with van der Waals surface area (Å²) in [6.07, 6.45) is 1.75. The number of benzene rings is 3. The summed E-state index contributed by atoms with van der Waals surface area (Å²) in [5, 5.41) is 10.6. The highest BCUT2D eigenvalue weighted by atomic mass is 35.5. The molecule has 35 heavy (non-hydrogen) atoms. The van der Waals surface area contributed by atoms with Gasteiger partial charge >= 0.3 is 5.97 Å². The van der Waals surface area contributed by atoms with Gasteiger partial charge in [0.05, 0.1) is 27.5 Å². The number of thioether (sulfide) groups is 1. The molecule has 180 valence electrons. The molecule has 0 saturated heterocycles. The van der Waals surface area contributed by atoms with Gasteiger partial charge in [-0.05, 0) is 59.7 Å². The zero-order valence-electron chi connectivity index (χ0n) is 18.7. The van der Waals surface area contributed by atoms with E-state index in [1.807, 2.05) is 30.5 Å². The number of hydrogen-bond donors (Lipinski definition) is 1. The Balaban J connectivity index is 1.74. The third kappa shape index (κ3) is 5.22. The molecule has 0 saturated carbocycles. The maximum absolute atomic E-state index is 14.2. The van der Waals surface area contributed by atoms with Crippen molar-refractivity contribution in [2.75, 3.05) is 0 Å². The lowest BCUT2D eigenvalue weighted by Gasteiger charge is -2.28. The molecule has 0 fully saturated rings. The Morgan fingerprint density at radius 2 is 1.74 bits per heavy atom. The van der Waals surface area contributed by atoms with Gasteiger partial charge in [-0.25, -0.2) is 18.6 Å². The number of carboxylic acids is 1. The van der Waals surface area contributed by atoms with E-state index in [4.69, 9.17) is 28.3 Å². The second-order valence-electron chi connectivity index (χ2n) is 8.40. The van der Waals surface area contributed by atoms with E-state index in [-0.39, 0.29) is 11.4 Å². The summed E-state index contributed by atoms with van der Waals surface area (Å²) in [7, 11) is 0. The zero-order valence-corrected chi connectivity index (χ0v) is 21.1. The summed E-state index contributed by atoms with van der Waals surface area (Å²) in [5.74, 6) is -2.12. The van der Waals surface area contributed by atoms with E-state index in [0.29, 0.717) is 32.2 Å². The molecule has 4 aromatic rings. The lowest BCUT2D eigenvalue weighted by molar-refractivity contribution is 0.0692. The molecule has 9 heteroatoms. The quantitative estimate of drug-likeness (QED) is 0.247. The summed E-state index contributed by atoms with van der Waals surface area (Å²) in [6.45, 7) is 4.05. The minimum absolute atomic E-state index is 0.349. The average molecular weight is 533 g/mol. The van der Waals surface area contributed by atoms with E-state index in [9.17, 15) is 13.6 Å². The molecular weight excluding hydrogens is 513 g/mol. The lowest BCUT2D eigenvalue weighted by Crippen LogP contribution is -2.23. The number of halogens is 4. The number of carbonyl (C=O) groups is 1. The van der Waals surface area contributed by atoms with Crippen molar-refractivity contribution in [1.82, 2.24) is 9.55 Å². The molecule has 1 N–H and O–H groups in total. The highest BCUT2D eigenvalue weighted by Crippen LogP contribution is 2.38. The summed E-state index contributed by atoms with van der Waals surface area (Å²) in [6, 6.07) is 15.6. The molecule has 0 radical (unpaired) electrons. The number of rotatable bonds is 7. The minimum atomic E-state index is -1.32. The van der Waals surface area contributed by atoms with E-state index in [2.05, 4.69) is 4.98 Å². The summed E-state index contributed by atoms with van der Waals surface area (Å²) in [5.41, 5.74) is 2.13. The Morgan fingerprint density at radius 1 is 1.03 bits per heavy atom. The second-order valence-corrected chi connectivity index (χ2v) is 10.2. The number of aromatic nitrogens is 2. The van der Waals surface area contributed by atoms with E-state index in [1.54, 1.807) is 30.5 Å². The molecule has 4 rings (SSSR count). The first-order chi connectivity index (χ1) is 16.6. The smallest absolute Gasteiger partial charge is 0.338 e. The summed E-state index contributed by atoms with van der Waals surface area (Å²) < 4.78 is 29.7. The number of nitrogens with zero attached hydrogens (tertiary/aromatic N) is 2. The first kappa shape index (κ1) is 25.2. The van der Waals surface area contributed by atoms with Gasteiger partial charge in [0.15, 0.2) is 5.16 Å². The van der Waals surface area contributed by atoms with Crippen LogP contribution in [-0.2, 0) is 11.2 Å². The normalized spacial score (nSPS) is 11.6. The largest absolute Gasteiger partial charge is 0.478 e. The van der Waals surface area contributed by atoms with Crippen molar-refractivity contribution in [1.29, 1.82) is 0 Å². The first-order valence-electron chi connectivity index (χ1n) is 10.5. The maximum Gasteiger partial charge on any atom is 0.338 e. The minimum Gasteiger partial charge on any atom is -0.478 e. The predicted octanol–water partition coefficient (Wildman–Crippen LogP) is 7.77. The van der Waals surface area contributed by atoms with Gasteiger partial charge in [0.2, 0.25) is 0 Å². The molecule has 0 unspecified atom stereocenters. The zero-order chi connectivity index (χ0) is 25.3. The summed E-state index contributed by atoms with van der Waals surface area (Å²) >= 11 is 13.7. The molecule has 0 spiro atoms. The standard InChI is InChI=1S/C26H20Cl2F2N2O2S/c1-26(2,16-4-10-20(27)21(28)12-16)23-13-31-25(32(23)18-7-5-17(29)6-8-18)35-14-15-3-9-19(24(33)34)22(30)11-15/h3-13H,14H2,1-2H3,(H,33,34). The topological polar surface area (TPSA) is 55.1 Å². The van der Waals surface area contributed by atoms with Crippen LogP contribution in [0.15, 0.2) is 72.0 Å². The fourth-order valence-electron chi connectivity index (χ4n) is 3.72. The van der Waals surface area contributed by atoms with Crippen molar-refractivity contribution < 1.29 is 18.7 Å². The molecule has 0 aliphatic carbocycles. The molecular formula is C26H20Cl2F2N2O2S. The van der Waals surface area contributed by atoms with Gasteiger partial charge in [-0.2, -0.15) is 0 Å². The van der Waals surface area contributed by atoms with Crippen LogP contribution in [0.25, 0.3) is 5.69 Å². The van der Waals surface area contributed by atoms with Gasteiger partial charge in [-0.1, -0.05) is 60.9 Å². The summed E-state index contributed by atoms with van der Waals surface area (Å²) in [4.78, 5) is 15.7. The van der Waals surface area contributed by atoms with Gasteiger partial charge in [0.25, 0.3) is 0 Å². The van der Waals surface area contributed by atoms with E-state index in [1.165, 1.54) is 36.0 Å². The van der Waals surface area contributed by atoms with Crippen molar-refractivity contribution in [3.05, 3.63) is 111 Å². The van der Waals surface area contributed by atoms with Crippen LogP contribution < -0.4 is 0 Å². The third-order valence-corrected chi connectivity index (χ3v) is 7.49. The van der Waals surface area contributed by atoms with Crippen LogP contribution in [0.1, 0.15) is 41.0 Å². The van der Waals surface area contributed by atoms with Crippen molar-refractivity contribution in [3.8, 4) is 5.69 Å². The Kier molecular flexibility index (Phi) is 7.22. The highest BCUT2D eigenvalue weighted by Gasteiger charge is 2.30. The molecule has 0 aliphatic heterocycles. The molecule has 0 amide bonds. The Bertz CT molecular complexity index is 1410. The average Bonchev–Trinajstić information content (AvgIpc) is 3.24. The second kappa shape index (κ2) is 10.0. The van der Waals surface area contributed by atoms with Gasteiger partial charge in [-0.3, -0.25) is 4.57 Å². The fourth-order valence-corrected chi connectivity index (χ4v) is 4.95. The van der Waals surface area contributed by atoms with Crippen LogP contribution in [0.5, 0.6) is 0 Å². The number of carboxylic acid groups (broad SMARTS) is 1. The van der Waals surface area contributed by atoms with Crippen LogP contribution in [-0.4, -0.2) is 20.6 Å². The number of aromatic carboxylic acids is 1. The Morgan fingerprint density at radius 3 is 2.37 bits per heavy atom. The molecule has 0 atom stereocenters. The molecule has 4 nitrogen and oxygen atoms in total. The van der Waals surface area contributed by atoms with Crippen LogP contribution in [0.4, 0.5) is 8.78 Å². The molecule has 1 heterocycles. The molecule has 0 aliphatic rings. The van der Waals surface area contributed by atoms with E-state index < -0.39 is 17.2 Å². The predicted molar refractivity (Wildman–Crippen MR) is 135 cm³/mol. The third-order valence-electron chi connectivity index (χ3n) is 5.73. The van der Waals surface area contributed by atoms with Gasteiger partial charge in [0, 0.05) is 16.9 Å². The number of imidazole rings is 1. The molecule has 1 aromatic heterocycles. The van der Waals surface area contributed by atoms with E-state index in [0.717, 1.165) is 11.3 Å². The first-order valence-corrected chi connectivity index (χ1v) is 12.3. The maximum atomic E-state index is 14.2. The van der Waals surface area contributed by atoms with Gasteiger partial charge in [-0.15, -0.1) is 0 Å². The van der Waals surface area contributed by atoms with Crippen molar-refractivity contribution in [2.45, 2.75) is 30.2 Å². The van der Waals surface area contributed by atoms with Crippen molar-refractivity contribution >= 4 is 40.9 Å². The Hall–Kier alpha value is -2.87. The lowest BCUT2D eigenvalue weighted by atomic mass is 9.81. The SMILES string of the molecule is CC(C)(c1ccc(Cl)c(Cl)c1)c1cnc(SCc2ccc(C(=O)O)c(F)c2)n1-c1ccc(F)cc1. The highest BCUT2D eigenvalue weighted by molar-refractivity contribution is 7.98. The van der Waals surface area contributed by atoms with Crippen LogP contribution >= 0.6 is 35.0 Å². The van der Waals surface area contributed by atoms with Crippen LogP contribution in [0, 0.1) is 11.6 Å². The van der Waals surface area contributed by atoms with Crippen molar-refractivity contribution in [2.24, 2.45) is 0 Å². The fraction of sp³-hybridized carbons (Fsp3) is 0.154. The van der Waals surface area contributed by atoms with Gasteiger partial charge in [0.1, 0.15) is 11.6 Å². The van der Waals surface area contributed by atoms with E-state index >= 15 is 0 Å². The molecule has 0 bridgehead atoms. The monoisotopic (exact) mass is 532 g/mol. The van der Waals surface area contributed by atoms with Crippen LogP contribution in [0.3, 0.4) is 0 Å². The molecule has 3 aromatic carbocycles. The van der Waals surface area contributed by atoms with Crippen LogP contribution in [0.2, 0.25) is 10.0 Å². The number of hydrogen-bond acceptors (Lipinski definition) is 3. The Labute approximate surface area is 215 Å².